The van der Waals surface area contributed by atoms with Crippen molar-refractivity contribution < 1.29 is 25.8 Å². The molecule has 0 saturated heterocycles. The van der Waals surface area contributed by atoms with E-state index >= 15 is 0 Å². The number of ether oxygens (including phenoxy) is 1. The molecular weight excluding hydrogens is 748 g/mol. The Morgan fingerprint density at radius 3 is 1.28 bits per heavy atom. The third-order valence-electron chi connectivity index (χ3n) is 8.18. The Labute approximate surface area is 282 Å². The maximum atomic E-state index is 6.67. The molecule has 0 fully saturated rings. The summed E-state index contributed by atoms with van der Waals surface area (Å²) in [6, 6.07) is 52.3. The summed E-state index contributed by atoms with van der Waals surface area (Å²) in [5.41, 5.74) is 9.88. The second kappa shape index (κ2) is 12.3. The number of fused-ring (bicyclic) bond motifs is 2. The second-order valence-electron chi connectivity index (χ2n) is 11.1. The Bertz CT molecular complexity index is 2160. The minimum atomic E-state index is 0. The van der Waals surface area contributed by atoms with Gasteiger partial charge < -0.3 is 13.9 Å². The molecule has 0 aliphatic heterocycles. The van der Waals surface area contributed by atoms with Crippen molar-refractivity contribution in [2.24, 2.45) is 14.1 Å². The summed E-state index contributed by atoms with van der Waals surface area (Å²) in [6.07, 6.45) is 0. The summed E-state index contributed by atoms with van der Waals surface area (Å²) in [7, 11) is 4.07. The van der Waals surface area contributed by atoms with Gasteiger partial charge in [0.15, 0.2) is 0 Å². The fourth-order valence-electron chi connectivity index (χ4n) is 5.92. The van der Waals surface area contributed by atoms with Crippen molar-refractivity contribution in [2.45, 2.75) is 0 Å². The molecule has 0 spiro atoms. The van der Waals surface area contributed by atoms with Crippen molar-refractivity contribution in [1.82, 2.24) is 19.1 Å². The van der Waals surface area contributed by atoms with E-state index in [4.69, 9.17) is 14.7 Å². The van der Waals surface area contributed by atoms with Gasteiger partial charge in [0.05, 0.1) is 33.7 Å². The van der Waals surface area contributed by atoms with Crippen LogP contribution in [-0.2, 0) is 35.2 Å². The molecule has 6 aromatic carbocycles. The normalized spacial score (nSPS) is 11.1. The minimum absolute atomic E-state index is 0. The number of benzene rings is 6. The molecule has 8 rings (SSSR count). The van der Waals surface area contributed by atoms with Crippen LogP contribution in [0.15, 0.2) is 133 Å². The molecule has 2 heterocycles. The number of para-hydroxylation sites is 4. The van der Waals surface area contributed by atoms with Crippen LogP contribution in [0.3, 0.4) is 0 Å². The zero-order valence-corrected chi connectivity index (χ0v) is 27.5. The molecule has 0 N–H and O–H groups in total. The average Bonchev–Trinajstić information content (AvgIpc) is 3.62. The number of aromatic nitrogens is 4. The van der Waals surface area contributed by atoms with Crippen molar-refractivity contribution in [2.75, 3.05) is 0 Å². The fourth-order valence-corrected chi connectivity index (χ4v) is 5.92. The van der Waals surface area contributed by atoms with E-state index < -0.39 is 0 Å². The van der Waals surface area contributed by atoms with Crippen LogP contribution in [0, 0.1) is 12.1 Å². The van der Waals surface area contributed by atoms with Crippen LogP contribution in [0.5, 0.6) is 11.5 Å². The molecule has 0 aliphatic carbocycles. The van der Waals surface area contributed by atoms with Gasteiger partial charge in [0, 0.05) is 25.6 Å². The molecular formula is C40H28N4OPt. The van der Waals surface area contributed by atoms with Crippen LogP contribution < -0.4 is 4.74 Å². The van der Waals surface area contributed by atoms with E-state index in [0.29, 0.717) is 11.5 Å². The van der Waals surface area contributed by atoms with Crippen LogP contribution in [0.2, 0.25) is 0 Å². The SMILES string of the molecule is Cn1c(-c2[c-]c(Oc3[c-]c(-c4nc5ccccc5n4C)cc(-c4ccccc4)c3)cc(-c3ccccc3)c2)nc2ccccc21.[Pt+2]. The monoisotopic (exact) mass is 775 g/mol. The molecule has 5 nitrogen and oxygen atoms in total. The molecule has 46 heavy (non-hydrogen) atoms. The summed E-state index contributed by atoms with van der Waals surface area (Å²) in [5, 5.41) is 0. The van der Waals surface area contributed by atoms with E-state index in [1.54, 1.807) is 0 Å². The van der Waals surface area contributed by atoms with Crippen LogP contribution in [0.25, 0.3) is 67.1 Å². The average molecular weight is 776 g/mol. The molecule has 2 aromatic heterocycles. The van der Waals surface area contributed by atoms with Crippen molar-refractivity contribution in [3.63, 3.8) is 0 Å². The van der Waals surface area contributed by atoms with E-state index in [2.05, 4.69) is 69.8 Å². The summed E-state index contributed by atoms with van der Waals surface area (Å²) in [5.74, 6) is 2.80. The minimum Gasteiger partial charge on any atom is -0.497 e. The summed E-state index contributed by atoms with van der Waals surface area (Å²) in [6.45, 7) is 0. The molecule has 0 radical (unpaired) electrons. The van der Waals surface area contributed by atoms with Crippen LogP contribution in [-0.4, -0.2) is 19.1 Å². The maximum Gasteiger partial charge on any atom is 2.00 e. The smallest absolute Gasteiger partial charge is 0.497 e. The molecule has 224 valence electrons. The zero-order chi connectivity index (χ0) is 30.3. The Hall–Kier alpha value is -5.25. The van der Waals surface area contributed by atoms with Crippen molar-refractivity contribution >= 4 is 22.1 Å². The van der Waals surface area contributed by atoms with Gasteiger partial charge in [-0.2, -0.15) is 0 Å². The number of nitrogens with zero attached hydrogens (tertiary/aromatic N) is 4. The summed E-state index contributed by atoms with van der Waals surface area (Å²) >= 11 is 0. The number of hydrogen-bond acceptors (Lipinski definition) is 3. The van der Waals surface area contributed by atoms with Gasteiger partial charge in [0.2, 0.25) is 0 Å². The van der Waals surface area contributed by atoms with E-state index in [1.807, 2.05) is 99.0 Å². The zero-order valence-electron chi connectivity index (χ0n) is 25.2. The first-order chi connectivity index (χ1) is 22.1. The Balaban J connectivity index is 0.00000338. The van der Waals surface area contributed by atoms with Crippen LogP contribution in [0.4, 0.5) is 0 Å². The van der Waals surface area contributed by atoms with E-state index in [1.165, 1.54) is 0 Å². The molecule has 6 heteroatoms. The van der Waals surface area contributed by atoms with E-state index in [-0.39, 0.29) is 21.1 Å². The van der Waals surface area contributed by atoms with Gasteiger partial charge in [0.25, 0.3) is 0 Å². The molecule has 8 aromatic rings. The molecule has 0 bridgehead atoms. The summed E-state index contributed by atoms with van der Waals surface area (Å²) < 4.78 is 10.9. The molecule has 0 unspecified atom stereocenters. The van der Waals surface area contributed by atoms with Gasteiger partial charge in [-0.15, -0.1) is 23.3 Å². The number of rotatable bonds is 6. The Morgan fingerprint density at radius 1 is 0.478 bits per heavy atom. The molecule has 0 atom stereocenters. The number of hydrogen-bond donors (Lipinski definition) is 0. The Kier molecular flexibility index (Phi) is 7.86. The van der Waals surface area contributed by atoms with Gasteiger partial charge in [-0.1, -0.05) is 120 Å². The molecule has 0 aliphatic rings. The van der Waals surface area contributed by atoms with Crippen molar-refractivity contribution in [3.8, 4) is 56.5 Å². The predicted molar refractivity (Wildman–Crippen MR) is 181 cm³/mol. The first-order valence-electron chi connectivity index (χ1n) is 14.9. The third-order valence-corrected chi connectivity index (χ3v) is 8.18. The van der Waals surface area contributed by atoms with Gasteiger partial charge in [-0.3, -0.25) is 9.97 Å². The molecule has 0 saturated carbocycles. The van der Waals surface area contributed by atoms with Crippen molar-refractivity contribution in [3.05, 3.63) is 146 Å². The van der Waals surface area contributed by atoms with E-state index in [0.717, 1.165) is 67.1 Å². The first-order valence-corrected chi connectivity index (χ1v) is 14.9. The van der Waals surface area contributed by atoms with Crippen LogP contribution >= 0.6 is 0 Å². The maximum absolute atomic E-state index is 6.67. The molecule has 0 amide bonds. The standard InChI is InChI=1S/C40H28N4O.Pt/c1-43-37-19-11-9-17-35(37)41-39(43)31-21-29(27-13-5-3-6-14-27)23-33(25-31)45-34-24-30(28-15-7-4-8-16-28)22-32(26-34)40-42-36-18-10-12-20-38(36)44(40)2;/h3-24H,1-2H3;/q-2;+2. The van der Waals surface area contributed by atoms with Gasteiger partial charge in [0.1, 0.15) is 0 Å². The largest absolute Gasteiger partial charge is 2.00 e. The number of aryl methyl sites for hydroxylation is 2. The third kappa shape index (κ3) is 5.44. The predicted octanol–water partition coefficient (Wildman–Crippen LogP) is 9.52. The van der Waals surface area contributed by atoms with Crippen LogP contribution in [0.1, 0.15) is 0 Å². The quantitative estimate of drug-likeness (QED) is 0.158. The van der Waals surface area contributed by atoms with Gasteiger partial charge >= 0.3 is 21.1 Å². The number of imidazole rings is 2. The van der Waals surface area contributed by atoms with Crippen molar-refractivity contribution in [1.29, 1.82) is 0 Å². The van der Waals surface area contributed by atoms with E-state index in [9.17, 15) is 0 Å². The summed E-state index contributed by atoms with van der Waals surface area (Å²) in [4.78, 5) is 9.92. The fraction of sp³-hybridized carbons (Fsp3) is 0.0500. The first kappa shape index (κ1) is 29.5. The topological polar surface area (TPSA) is 44.9 Å². The Morgan fingerprint density at radius 2 is 0.870 bits per heavy atom. The second-order valence-corrected chi connectivity index (χ2v) is 11.1. The van der Waals surface area contributed by atoms with Gasteiger partial charge in [-0.25, -0.2) is 0 Å². The van der Waals surface area contributed by atoms with Gasteiger partial charge in [-0.05, 0) is 35.4 Å².